The maximum absolute atomic E-state index is 10.2. The molecule has 2 heteroatoms. The Morgan fingerprint density at radius 2 is 1.17 bits per heavy atom. The lowest BCUT2D eigenvalue weighted by Gasteiger charge is -2.31. The van der Waals surface area contributed by atoms with Crippen molar-refractivity contribution in [2.45, 2.75) is 5.92 Å². The van der Waals surface area contributed by atoms with E-state index in [4.69, 9.17) is 4.74 Å². The average Bonchev–Trinajstić information content (AvgIpc) is 2.77. The van der Waals surface area contributed by atoms with E-state index in [-0.39, 0.29) is 11.7 Å². The van der Waals surface area contributed by atoms with Crippen molar-refractivity contribution >= 4 is 21.5 Å². The van der Waals surface area contributed by atoms with Crippen molar-refractivity contribution < 1.29 is 9.84 Å². The summed E-state index contributed by atoms with van der Waals surface area (Å²) in [5.74, 6) is 2.00. The van der Waals surface area contributed by atoms with Crippen LogP contribution in [0.2, 0.25) is 0 Å². The molecular weight excluding hydrogens is 356 g/mol. The lowest BCUT2D eigenvalue weighted by atomic mass is 9.78. The molecule has 1 aliphatic rings. The average molecular weight is 374 g/mol. The molecule has 0 aromatic heterocycles. The second-order valence-electron chi connectivity index (χ2n) is 7.53. The van der Waals surface area contributed by atoms with Gasteiger partial charge < -0.3 is 9.84 Å². The van der Waals surface area contributed by atoms with E-state index in [2.05, 4.69) is 78.9 Å². The first-order valence-electron chi connectivity index (χ1n) is 9.80. The van der Waals surface area contributed by atoms with Crippen LogP contribution in [0.5, 0.6) is 17.2 Å². The number of hydrogen-bond donors (Lipinski definition) is 1. The van der Waals surface area contributed by atoms with Gasteiger partial charge in [-0.1, -0.05) is 72.8 Å². The summed E-state index contributed by atoms with van der Waals surface area (Å²) in [5.41, 5.74) is 3.36. The van der Waals surface area contributed by atoms with E-state index in [1.54, 1.807) is 6.07 Å². The molecule has 0 aliphatic carbocycles. The second-order valence-corrected chi connectivity index (χ2v) is 7.53. The van der Waals surface area contributed by atoms with E-state index in [1.165, 1.54) is 21.5 Å². The van der Waals surface area contributed by atoms with E-state index in [9.17, 15) is 5.11 Å². The number of rotatable bonds is 1. The molecule has 2 nitrogen and oxygen atoms in total. The van der Waals surface area contributed by atoms with Gasteiger partial charge >= 0.3 is 0 Å². The van der Waals surface area contributed by atoms with Crippen LogP contribution < -0.4 is 4.74 Å². The van der Waals surface area contributed by atoms with Crippen LogP contribution in [-0.2, 0) is 0 Å². The standard InChI is InChI=1S/C27H18O2/c28-20-9-5-8-19(16-20)25-26-21-10-3-1-6-17(21)12-14-23(26)29-24-15-13-18-7-2-4-11-22(18)27(24)25/h1-16,25,28H. The molecule has 1 heterocycles. The van der Waals surface area contributed by atoms with Crippen molar-refractivity contribution in [2.24, 2.45) is 0 Å². The Hall–Kier alpha value is -3.78. The quantitative estimate of drug-likeness (QED) is 0.336. The van der Waals surface area contributed by atoms with Gasteiger partial charge in [-0.25, -0.2) is 0 Å². The number of hydrogen-bond acceptors (Lipinski definition) is 2. The number of phenols is 1. The Morgan fingerprint density at radius 3 is 1.76 bits per heavy atom. The summed E-state index contributed by atoms with van der Waals surface area (Å²) in [6.07, 6.45) is 0. The molecular formula is C27H18O2. The van der Waals surface area contributed by atoms with Crippen molar-refractivity contribution in [1.29, 1.82) is 0 Å². The van der Waals surface area contributed by atoms with Crippen LogP contribution in [0.1, 0.15) is 22.6 Å². The molecule has 0 radical (unpaired) electrons. The molecule has 5 aromatic rings. The molecule has 1 aliphatic heterocycles. The maximum atomic E-state index is 10.2. The molecule has 0 atom stereocenters. The summed E-state index contributed by atoms with van der Waals surface area (Å²) in [7, 11) is 0. The van der Waals surface area contributed by atoms with Gasteiger partial charge in [0.2, 0.25) is 0 Å². The molecule has 0 spiro atoms. The first kappa shape index (κ1) is 16.2. The normalized spacial score (nSPS) is 13.1. The van der Waals surface area contributed by atoms with Crippen LogP contribution in [0, 0.1) is 0 Å². The van der Waals surface area contributed by atoms with Crippen LogP contribution in [0.15, 0.2) is 97.1 Å². The zero-order chi connectivity index (χ0) is 19.4. The Labute approximate surface area is 168 Å². The highest BCUT2D eigenvalue weighted by Gasteiger charge is 2.32. The minimum Gasteiger partial charge on any atom is -0.508 e. The fraction of sp³-hybridized carbons (Fsp3) is 0.0370. The molecule has 0 fully saturated rings. The van der Waals surface area contributed by atoms with Crippen LogP contribution in [0.4, 0.5) is 0 Å². The number of benzene rings is 5. The van der Waals surface area contributed by atoms with Crippen LogP contribution in [-0.4, -0.2) is 5.11 Å². The van der Waals surface area contributed by atoms with Crippen molar-refractivity contribution in [3.05, 3.63) is 114 Å². The van der Waals surface area contributed by atoms with Crippen LogP contribution >= 0.6 is 0 Å². The van der Waals surface area contributed by atoms with Gasteiger partial charge in [-0.15, -0.1) is 0 Å². The largest absolute Gasteiger partial charge is 0.508 e. The van der Waals surface area contributed by atoms with Gasteiger partial charge in [0.05, 0.1) is 0 Å². The third-order valence-electron chi connectivity index (χ3n) is 5.86. The van der Waals surface area contributed by atoms with E-state index in [0.717, 1.165) is 28.2 Å². The summed E-state index contributed by atoms with van der Waals surface area (Å²) >= 11 is 0. The van der Waals surface area contributed by atoms with Gasteiger partial charge in [0.25, 0.3) is 0 Å². The van der Waals surface area contributed by atoms with E-state index >= 15 is 0 Å². The second kappa shape index (κ2) is 6.11. The minimum absolute atomic E-state index is 0.0296. The highest BCUT2D eigenvalue weighted by Crippen LogP contribution is 2.52. The molecule has 0 saturated heterocycles. The first-order valence-corrected chi connectivity index (χ1v) is 9.80. The monoisotopic (exact) mass is 374 g/mol. The molecule has 0 saturated carbocycles. The maximum Gasteiger partial charge on any atom is 0.132 e. The molecule has 5 aromatic carbocycles. The molecule has 6 rings (SSSR count). The van der Waals surface area contributed by atoms with E-state index in [0.29, 0.717) is 0 Å². The zero-order valence-electron chi connectivity index (χ0n) is 15.7. The molecule has 0 amide bonds. The fourth-order valence-electron chi connectivity index (χ4n) is 4.63. The summed E-state index contributed by atoms with van der Waals surface area (Å²) in [5, 5.41) is 15.0. The van der Waals surface area contributed by atoms with Gasteiger partial charge in [-0.05, 0) is 51.4 Å². The lowest BCUT2D eigenvalue weighted by Crippen LogP contribution is -2.13. The Bertz CT molecular complexity index is 1320. The Kier molecular flexibility index (Phi) is 3.41. The Morgan fingerprint density at radius 1 is 0.586 bits per heavy atom. The van der Waals surface area contributed by atoms with Gasteiger partial charge in [-0.2, -0.15) is 0 Å². The molecule has 138 valence electrons. The SMILES string of the molecule is Oc1cccc(C2c3c(ccc4ccccc34)Oc3ccc4ccccc4c32)c1. The molecule has 0 bridgehead atoms. The van der Waals surface area contributed by atoms with Crippen LogP contribution in [0.25, 0.3) is 21.5 Å². The van der Waals surface area contributed by atoms with Crippen molar-refractivity contribution in [2.75, 3.05) is 0 Å². The summed E-state index contributed by atoms with van der Waals surface area (Å²) in [6, 6.07) is 32.8. The van der Waals surface area contributed by atoms with Crippen LogP contribution in [0.3, 0.4) is 0 Å². The van der Waals surface area contributed by atoms with Gasteiger partial charge in [0.15, 0.2) is 0 Å². The third kappa shape index (κ3) is 2.43. The lowest BCUT2D eigenvalue weighted by molar-refractivity contribution is 0.454. The van der Waals surface area contributed by atoms with E-state index < -0.39 is 0 Å². The Balaban J connectivity index is 1.76. The van der Waals surface area contributed by atoms with Gasteiger partial charge in [0.1, 0.15) is 17.2 Å². The highest BCUT2D eigenvalue weighted by molar-refractivity contribution is 5.95. The van der Waals surface area contributed by atoms with Crippen molar-refractivity contribution in [3.8, 4) is 17.2 Å². The number of ether oxygens (including phenoxy) is 1. The predicted octanol–water partition coefficient (Wildman–Crippen LogP) is 6.98. The number of fused-ring (bicyclic) bond motifs is 6. The van der Waals surface area contributed by atoms with Crippen molar-refractivity contribution in [3.63, 3.8) is 0 Å². The highest BCUT2D eigenvalue weighted by atomic mass is 16.5. The third-order valence-corrected chi connectivity index (χ3v) is 5.86. The molecule has 0 unspecified atom stereocenters. The topological polar surface area (TPSA) is 29.5 Å². The minimum atomic E-state index is -0.0296. The molecule has 1 N–H and O–H groups in total. The summed E-state index contributed by atoms with van der Waals surface area (Å²) in [6.45, 7) is 0. The van der Waals surface area contributed by atoms with Gasteiger partial charge in [0, 0.05) is 17.0 Å². The zero-order valence-corrected chi connectivity index (χ0v) is 15.7. The fourth-order valence-corrected chi connectivity index (χ4v) is 4.63. The first-order chi connectivity index (χ1) is 14.3. The van der Waals surface area contributed by atoms with Crippen molar-refractivity contribution in [1.82, 2.24) is 0 Å². The van der Waals surface area contributed by atoms with Gasteiger partial charge in [-0.3, -0.25) is 0 Å². The van der Waals surface area contributed by atoms with E-state index in [1.807, 2.05) is 12.1 Å². The summed E-state index contributed by atoms with van der Waals surface area (Å²) in [4.78, 5) is 0. The number of aromatic hydroxyl groups is 1. The summed E-state index contributed by atoms with van der Waals surface area (Å²) < 4.78 is 6.41. The molecule has 29 heavy (non-hydrogen) atoms. The predicted molar refractivity (Wildman–Crippen MR) is 117 cm³/mol. The number of phenolic OH excluding ortho intramolecular Hbond substituents is 1. The smallest absolute Gasteiger partial charge is 0.132 e.